The van der Waals surface area contributed by atoms with Gasteiger partial charge in [-0.2, -0.15) is 10.2 Å². The van der Waals surface area contributed by atoms with Gasteiger partial charge < -0.3 is 15.5 Å². The van der Waals surface area contributed by atoms with Gasteiger partial charge in [0.2, 0.25) is 0 Å². The largest absolute Gasteiger partial charge is 0.323 e. The van der Waals surface area contributed by atoms with Gasteiger partial charge in [-0.15, -0.1) is 5.10 Å². The van der Waals surface area contributed by atoms with Gasteiger partial charge in [-0.05, 0) is 56.0 Å². The summed E-state index contributed by atoms with van der Waals surface area (Å²) in [5.41, 5.74) is 4.85. The molecule has 1 aliphatic rings. The van der Waals surface area contributed by atoms with Gasteiger partial charge in [0, 0.05) is 61.8 Å². The minimum Gasteiger partial charge on any atom is -0.323 e. The van der Waals surface area contributed by atoms with Crippen molar-refractivity contribution in [3.05, 3.63) is 54.6 Å². The first-order valence-corrected chi connectivity index (χ1v) is 12.8. The van der Waals surface area contributed by atoms with Gasteiger partial charge in [0.25, 0.3) is 0 Å². The molecule has 1 aliphatic heterocycles. The van der Waals surface area contributed by atoms with E-state index in [1.807, 2.05) is 35.3 Å². The predicted molar refractivity (Wildman–Crippen MR) is 143 cm³/mol. The molecule has 1 saturated heterocycles. The van der Waals surface area contributed by atoms with Crippen molar-refractivity contribution in [2.24, 2.45) is 0 Å². The van der Waals surface area contributed by atoms with E-state index in [0.29, 0.717) is 29.6 Å². The zero-order chi connectivity index (χ0) is 25.1. The Labute approximate surface area is 212 Å². The van der Waals surface area contributed by atoms with E-state index >= 15 is 0 Å². The normalized spacial score (nSPS) is 18.7. The molecule has 0 aromatic carbocycles. The number of anilines is 2. The maximum absolute atomic E-state index is 4.77. The summed E-state index contributed by atoms with van der Waals surface area (Å²) in [7, 11) is 0. The van der Waals surface area contributed by atoms with Crippen LogP contribution < -0.4 is 10.6 Å². The molecule has 5 rings (SSSR count). The fourth-order valence-electron chi connectivity index (χ4n) is 4.84. The van der Waals surface area contributed by atoms with E-state index in [1.165, 1.54) is 0 Å². The minimum atomic E-state index is 0.382. The Hall–Kier alpha value is -3.43. The molecule has 0 unspecified atom stereocenters. The number of pyridine rings is 2. The van der Waals surface area contributed by atoms with E-state index in [0.717, 1.165) is 60.3 Å². The summed E-state index contributed by atoms with van der Waals surface area (Å²) in [6.45, 7) is 13.0. The monoisotopic (exact) mass is 485 g/mol. The summed E-state index contributed by atoms with van der Waals surface area (Å²) < 4.78 is 2.03. The van der Waals surface area contributed by atoms with Gasteiger partial charge >= 0.3 is 0 Å². The minimum absolute atomic E-state index is 0.382. The molecule has 9 heteroatoms. The molecule has 0 spiro atoms. The summed E-state index contributed by atoms with van der Waals surface area (Å²) in [4.78, 5) is 11.9. The average molecular weight is 486 g/mol. The molecule has 0 aliphatic carbocycles. The van der Waals surface area contributed by atoms with Crippen LogP contribution in [0.15, 0.2) is 49.1 Å². The maximum atomic E-state index is 4.77. The predicted octanol–water partition coefficient (Wildman–Crippen LogP) is 4.22. The van der Waals surface area contributed by atoms with Crippen molar-refractivity contribution >= 4 is 22.7 Å². The summed E-state index contributed by atoms with van der Waals surface area (Å²) >= 11 is 0. The third-order valence-corrected chi connectivity index (χ3v) is 6.60. The highest BCUT2D eigenvalue weighted by Gasteiger charge is 2.20. The third-order valence-electron chi connectivity index (χ3n) is 6.60. The van der Waals surface area contributed by atoms with Gasteiger partial charge in [-0.1, -0.05) is 13.8 Å². The van der Waals surface area contributed by atoms with Crippen molar-refractivity contribution in [2.45, 2.75) is 58.7 Å². The molecule has 0 saturated carbocycles. The standard InChI is InChI=1S/C27H35N9/c1-18(2)21-11-27(34-29-13-21)33-26-7-6-24-25(32-26)10-22(12-28-24)23-14-30-36(17-23)9-5-8-35-15-19(3)31-20(4)16-35/h6-7,10-14,17-20,31H,5,8-9,15-16H2,1-4H3,(H,32,33,34)/t19-,20+. The molecular formula is C27H35N9. The molecule has 4 aromatic rings. The van der Waals surface area contributed by atoms with Crippen LogP contribution >= 0.6 is 0 Å². The smallest absolute Gasteiger partial charge is 0.154 e. The Kier molecular flexibility index (Phi) is 7.20. The van der Waals surface area contributed by atoms with Crippen LogP contribution in [0.4, 0.5) is 11.6 Å². The molecule has 2 atom stereocenters. The lowest BCUT2D eigenvalue weighted by Gasteiger charge is -2.36. The second-order valence-electron chi connectivity index (χ2n) is 10.2. The first-order valence-electron chi connectivity index (χ1n) is 12.8. The Morgan fingerprint density at radius 3 is 2.61 bits per heavy atom. The van der Waals surface area contributed by atoms with Crippen LogP contribution in [0.2, 0.25) is 0 Å². The van der Waals surface area contributed by atoms with Crippen LogP contribution in [0.1, 0.15) is 45.6 Å². The second-order valence-corrected chi connectivity index (χ2v) is 10.2. The number of fused-ring (bicyclic) bond motifs is 1. The number of aryl methyl sites for hydroxylation is 1. The van der Waals surface area contributed by atoms with Gasteiger partial charge in [0.15, 0.2) is 5.82 Å². The molecule has 2 N–H and O–H groups in total. The highest BCUT2D eigenvalue weighted by atomic mass is 15.3. The molecule has 1 fully saturated rings. The fourth-order valence-corrected chi connectivity index (χ4v) is 4.84. The zero-order valence-corrected chi connectivity index (χ0v) is 21.5. The lowest BCUT2D eigenvalue weighted by Crippen LogP contribution is -2.54. The van der Waals surface area contributed by atoms with Crippen LogP contribution in [0, 0.1) is 0 Å². The molecule has 5 heterocycles. The van der Waals surface area contributed by atoms with Gasteiger partial charge in [-0.3, -0.25) is 9.67 Å². The Balaban J connectivity index is 1.25. The summed E-state index contributed by atoms with van der Waals surface area (Å²) in [5.74, 6) is 1.78. The lowest BCUT2D eigenvalue weighted by molar-refractivity contribution is 0.169. The van der Waals surface area contributed by atoms with Gasteiger partial charge in [0.05, 0.1) is 23.4 Å². The Bertz CT molecular complexity index is 1310. The van der Waals surface area contributed by atoms with Crippen molar-refractivity contribution < 1.29 is 0 Å². The molecular weight excluding hydrogens is 450 g/mol. The van der Waals surface area contributed by atoms with E-state index in [-0.39, 0.29) is 0 Å². The second kappa shape index (κ2) is 10.7. The van der Waals surface area contributed by atoms with Crippen molar-refractivity contribution in [1.82, 2.24) is 40.2 Å². The lowest BCUT2D eigenvalue weighted by atomic mass is 10.1. The maximum Gasteiger partial charge on any atom is 0.154 e. The van der Waals surface area contributed by atoms with E-state index in [2.05, 4.69) is 75.8 Å². The van der Waals surface area contributed by atoms with E-state index in [1.54, 1.807) is 6.20 Å². The van der Waals surface area contributed by atoms with Gasteiger partial charge in [0.1, 0.15) is 5.82 Å². The van der Waals surface area contributed by atoms with Crippen molar-refractivity contribution in [2.75, 3.05) is 25.0 Å². The molecule has 36 heavy (non-hydrogen) atoms. The number of nitrogens with zero attached hydrogens (tertiary/aromatic N) is 7. The van der Waals surface area contributed by atoms with Crippen LogP contribution in [0.25, 0.3) is 22.2 Å². The quantitative estimate of drug-likeness (QED) is 0.383. The molecule has 0 bridgehead atoms. The highest BCUT2D eigenvalue weighted by Crippen LogP contribution is 2.24. The number of hydrogen-bond donors (Lipinski definition) is 2. The topological polar surface area (TPSA) is 96.7 Å². The van der Waals surface area contributed by atoms with Crippen LogP contribution in [0.5, 0.6) is 0 Å². The number of aromatic nitrogens is 6. The molecule has 188 valence electrons. The van der Waals surface area contributed by atoms with Crippen LogP contribution in [-0.2, 0) is 6.54 Å². The van der Waals surface area contributed by atoms with Gasteiger partial charge in [-0.25, -0.2) is 4.98 Å². The van der Waals surface area contributed by atoms with E-state index < -0.39 is 0 Å². The highest BCUT2D eigenvalue weighted by molar-refractivity contribution is 5.81. The van der Waals surface area contributed by atoms with Crippen molar-refractivity contribution in [3.63, 3.8) is 0 Å². The Morgan fingerprint density at radius 2 is 1.81 bits per heavy atom. The number of nitrogens with one attached hydrogen (secondary N) is 2. The number of hydrogen-bond acceptors (Lipinski definition) is 8. The summed E-state index contributed by atoms with van der Waals surface area (Å²) in [6.07, 6.45) is 8.77. The first-order chi connectivity index (χ1) is 17.4. The molecule has 0 radical (unpaired) electrons. The van der Waals surface area contributed by atoms with E-state index in [4.69, 9.17) is 4.98 Å². The average Bonchev–Trinajstić information content (AvgIpc) is 3.32. The van der Waals surface area contributed by atoms with E-state index in [9.17, 15) is 0 Å². The first kappa shape index (κ1) is 24.3. The molecule has 0 amide bonds. The van der Waals surface area contributed by atoms with Crippen LogP contribution in [-0.4, -0.2) is 66.6 Å². The van der Waals surface area contributed by atoms with Crippen LogP contribution in [0.3, 0.4) is 0 Å². The fraction of sp³-hybridized carbons (Fsp3) is 0.444. The molecule has 9 nitrogen and oxygen atoms in total. The summed E-state index contributed by atoms with van der Waals surface area (Å²) in [5, 5.41) is 19.8. The zero-order valence-electron chi connectivity index (χ0n) is 21.5. The Morgan fingerprint density at radius 1 is 0.972 bits per heavy atom. The third kappa shape index (κ3) is 5.85. The number of rotatable bonds is 8. The molecule has 4 aromatic heterocycles. The number of piperazine rings is 1. The van der Waals surface area contributed by atoms with Crippen molar-refractivity contribution in [3.8, 4) is 11.1 Å². The van der Waals surface area contributed by atoms with Crippen molar-refractivity contribution in [1.29, 1.82) is 0 Å². The summed E-state index contributed by atoms with van der Waals surface area (Å²) in [6, 6.07) is 9.05. The SMILES string of the molecule is CC(C)c1cnnc(Nc2ccc3ncc(-c4cnn(CCCN5C[C@@H](C)N[C@@H](C)C5)c4)cc3n2)c1.